The molecule has 4 N–H and O–H groups in total. The Balaban J connectivity index is 1.59. The van der Waals surface area contributed by atoms with Crippen molar-refractivity contribution in [1.29, 1.82) is 0 Å². The molecule has 2 fully saturated rings. The van der Waals surface area contributed by atoms with Gasteiger partial charge in [-0.2, -0.15) is 0 Å². The number of hydrogen-bond donors (Lipinski definition) is 3. The summed E-state index contributed by atoms with van der Waals surface area (Å²) in [6, 6.07) is 7.44. The van der Waals surface area contributed by atoms with Crippen LogP contribution in [0.25, 0.3) is 11.0 Å². The number of rotatable bonds is 6. The van der Waals surface area contributed by atoms with Crippen LogP contribution in [0.15, 0.2) is 30.6 Å². The lowest BCUT2D eigenvalue weighted by molar-refractivity contribution is -0.174. The number of nitrogens with zero attached hydrogens (tertiary/aromatic N) is 3. The summed E-state index contributed by atoms with van der Waals surface area (Å²) in [4.78, 5) is 22.2. The van der Waals surface area contributed by atoms with Gasteiger partial charge in [0.05, 0.1) is 30.8 Å². The van der Waals surface area contributed by atoms with Gasteiger partial charge in [-0.15, -0.1) is 0 Å². The zero-order valence-corrected chi connectivity index (χ0v) is 19.2. The number of aromatic nitrogens is 3. The van der Waals surface area contributed by atoms with E-state index in [9.17, 15) is 9.90 Å². The maximum atomic E-state index is 13.6. The van der Waals surface area contributed by atoms with Gasteiger partial charge < -0.3 is 30.2 Å². The van der Waals surface area contributed by atoms with E-state index in [0.717, 1.165) is 18.4 Å². The fourth-order valence-corrected chi connectivity index (χ4v) is 4.18. The normalized spacial score (nSPS) is 17.5. The van der Waals surface area contributed by atoms with Gasteiger partial charge in [-0.05, 0) is 43.4 Å². The number of nitrogens with one attached hydrogen (secondary N) is 1. The molecule has 0 unspecified atom stereocenters. The highest BCUT2D eigenvalue weighted by atomic mass is 16.5. The number of amides is 1. The number of aliphatic hydroxyl groups is 1. The summed E-state index contributed by atoms with van der Waals surface area (Å²) in [7, 11) is 1.64. The number of anilines is 2. The molecule has 2 aliphatic rings. The molecule has 1 aliphatic heterocycles. The number of nitrogen functional groups attached to an aromatic ring is 1. The smallest absolute Gasteiger partial charge is 0.259 e. The van der Waals surface area contributed by atoms with Crippen LogP contribution in [-0.2, 0) is 21.6 Å². The first-order valence-electron chi connectivity index (χ1n) is 11.2. The Hall–Kier alpha value is -3.45. The van der Waals surface area contributed by atoms with E-state index in [1.54, 1.807) is 7.11 Å². The van der Waals surface area contributed by atoms with Crippen molar-refractivity contribution in [3.8, 4) is 11.8 Å². The van der Waals surface area contributed by atoms with Gasteiger partial charge >= 0.3 is 0 Å². The molecule has 34 heavy (non-hydrogen) atoms. The third-order valence-electron chi connectivity index (χ3n) is 6.41. The quantitative estimate of drug-likeness (QED) is 0.482. The number of methoxy groups -OCH3 is 1. The van der Waals surface area contributed by atoms with Crippen LogP contribution in [0, 0.1) is 11.8 Å². The molecular weight excluding hydrogens is 434 g/mol. The highest BCUT2D eigenvalue weighted by Gasteiger charge is 2.44. The summed E-state index contributed by atoms with van der Waals surface area (Å²) in [5.41, 5.74) is 8.19. The molecule has 3 heterocycles. The molecular formula is C25H27N5O4. The minimum absolute atomic E-state index is 0.208. The van der Waals surface area contributed by atoms with E-state index in [1.807, 2.05) is 28.8 Å². The number of hydrogen-bond acceptors (Lipinski definition) is 7. The molecule has 2 aromatic heterocycles. The predicted molar refractivity (Wildman–Crippen MR) is 127 cm³/mol. The van der Waals surface area contributed by atoms with E-state index in [2.05, 4.69) is 34.0 Å². The van der Waals surface area contributed by atoms with Gasteiger partial charge in [0.25, 0.3) is 5.91 Å². The van der Waals surface area contributed by atoms with Gasteiger partial charge in [0.2, 0.25) is 0 Å². The second-order valence-electron chi connectivity index (χ2n) is 9.29. The van der Waals surface area contributed by atoms with E-state index in [4.69, 9.17) is 15.2 Å². The number of fused-ring (bicyclic) bond motifs is 1. The van der Waals surface area contributed by atoms with Crippen LogP contribution in [0.4, 0.5) is 11.5 Å². The minimum Gasteiger partial charge on any atom is -0.384 e. The molecule has 9 nitrogen and oxygen atoms in total. The third kappa shape index (κ3) is 4.01. The second-order valence-corrected chi connectivity index (χ2v) is 9.29. The topological polar surface area (TPSA) is 125 Å². The standard InChI is InChI=1S/C25H27N5O4/c1-24(10-11-24)30-18(4-3-9-25(32)13-34-14-25)19(20-21(26)27-15-28-22(20)30)23(31)29-17-7-5-16(6-8-17)12-33-2/h5-8,15,32H,9-14H2,1-2H3,(H,29,31)(H2,26,27,28). The average molecular weight is 462 g/mol. The first-order chi connectivity index (χ1) is 16.3. The van der Waals surface area contributed by atoms with E-state index in [-0.39, 0.29) is 36.9 Å². The van der Waals surface area contributed by atoms with E-state index in [1.165, 1.54) is 6.33 Å². The summed E-state index contributed by atoms with van der Waals surface area (Å²) in [5.74, 6) is 6.10. The lowest BCUT2D eigenvalue weighted by atomic mass is 9.98. The lowest BCUT2D eigenvalue weighted by Gasteiger charge is -2.34. The number of benzene rings is 1. The largest absolute Gasteiger partial charge is 0.384 e. The second kappa shape index (κ2) is 8.40. The summed E-state index contributed by atoms with van der Waals surface area (Å²) in [5, 5.41) is 13.8. The molecule has 1 saturated carbocycles. The Morgan fingerprint density at radius 1 is 1.29 bits per heavy atom. The zero-order chi connectivity index (χ0) is 23.9. The summed E-state index contributed by atoms with van der Waals surface area (Å²) in [6.07, 6.45) is 3.53. The van der Waals surface area contributed by atoms with Crippen LogP contribution < -0.4 is 11.1 Å². The number of carbonyl (C=O) groups is 1. The fourth-order valence-electron chi connectivity index (χ4n) is 4.18. The molecule has 176 valence electrons. The van der Waals surface area contributed by atoms with Crippen molar-refractivity contribution in [1.82, 2.24) is 14.5 Å². The van der Waals surface area contributed by atoms with Crippen LogP contribution in [0.2, 0.25) is 0 Å². The fraction of sp³-hybridized carbons (Fsp3) is 0.400. The van der Waals surface area contributed by atoms with Crippen molar-refractivity contribution >= 4 is 28.4 Å². The Morgan fingerprint density at radius 3 is 2.65 bits per heavy atom. The van der Waals surface area contributed by atoms with Crippen LogP contribution in [0.5, 0.6) is 0 Å². The predicted octanol–water partition coefficient (Wildman–Crippen LogP) is 2.42. The molecule has 3 aromatic rings. The molecule has 9 heteroatoms. The maximum absolute atomic E-state index is 13.6. The van der Waals surface area contributed by atoms with Crippen LogP contribution in [0.1, 0.15) is 47.8 Å². The van der Waals surface area contributed by atoms with Crippen molar-refractivity contribution in [3.05, 3.63) is 47.4 Å². The molecule has 0 radical (unpaired) electrons. The zero-order valence-electron chi connectivity index (χ0n) is 19.2. The first kappa shape index (κ1) is 22.3. The van der Waals surface area contributed by atoms with Crippen molar-refractivity contribution in [2.24, 2.45) is 0 Å². The molecule has 1 saturated heterocycles. The molecule has 1 aromatic carbocycles. The number of ether oxygens (including phenoxy) is 2. The molecule has 1 aliphatic carbocycles. The van der Waals surface area contributed by atoms with Crippen molar-refractivity contribution in [2.45, 2.75) is 43.9 Å². The van der Waals surface area contributed by atoms with Gasteiger partial charge in [0.15, 0.2) is 0 Å². The van der Waals surface area contributed by atoms with Gasteiger partial charge in [-0.3, -0.25) is 4.79 Å². The Kier molecular flexibility index (Phi) is 5.52. The summed E-state index contributed by atoms with van der Waals surface area (Å²) >= 11 is 0. The summed E-state index contributed by atoms with van der Waals surface area (Å²) < 4.78 is 12.3. The molecule has 0 spiro atoms. The highest BCUT2D eigenvalue weighted by Crippen LogP contribution is 2.47. The SMILES string of the molecule is COCc1ccc(NC(=O)c2c(C#CCC3(O)COC3)n(C3(C)CC3)c3ncnc(N)c23)cc1. The van der Waals surface area contributed by atoms with Gasteiger partial charge in [-0.1, -0.05) is 18.1 Å². The van der Waals surface area contributed by atoms with Crippen molar-refractivity contribution in [3.63, 3.8) is 0 Å². The number of nitrogens with two attached hydrogens (primary N) is 1. The van der Waals surface area contributed by atoms with E-state index in [0.29, 0.717) is 34.6 Å². The maximum Gasteiger partial charge on any atom is 0.259 e. The third-order valence-corrected chi connectivity index (χ3v) is 6.41. The van der Waals surface area contributed by atoms with Gasteiger partial charge in [0, 0.05) is 24.8 Å². The highest BCUT2D eigenvalue weighted by molar-refractivity contribution is 6.16. The Labute approximate surface area is 197 Å². The van der Waals surface area contributed by atoms with Crippen LogP contribution in [0.3, 0.4) is 0 Å². The molecule has 0 atom stereocenters. The number of carbonyl (C=O) groups excluding carboxylic acids is 1. The Morgan fingerprint density at radius 2 is 2.03 bits per heavy atom. The van der Waals surface area contributed by atoms with Crippen molar-refractivity contribution in [2.75, 3.05) is 31.4 Å². The van der Waals surface area contributed by atoms with E-state index < -0.39 is 5.60 Å². The summed E-state index contributed by atoms with van der Waals surface area (Å²) in [6.45, 7) is 3.12. The average Bonchev–Trinajstić information content (AvgIpc) is 3.43. The first-order valence-corrected chi connectivity index (χ1v) is 11.2. The van der Waals surface area contributed by atoms with E-state index >= 15 is 0 Å². The molecule has 0 bridgehead atoms. The van der Waals surface area contributed by atoms with Gasteiger partial charge in [-0.25, -0.2) is 9.97 Å². The Bertz CT molecular complexity index is 1310. The van der Waals surface area contributed by atoms with Crippen LogP contribution in [-0.4, -0.2) is 51.5 Å². The monoisotopic (exact) mass is 461 g/mol. The van der Waals surface area contributed by atoms with Crippen LogP contribution >= 0.6 is 0 Å². The molecule has 1 amide bonds. The minimum atomic E-state index is -0.946. The lowest BCUT2D eigenvalue weighted by Crippen LogP contribution is -2.49. The van der Waals surface area contributed by atoms with Crippen molar-refractivity contribution < 1.29 is 19.4 Å². The molecule has 5 rings (SSSR count). The van der Waals surface area contributed by atoms with Gasteiger partial charge in [0.1, 0.15) is 29.1 Å².